The molecule has 5 nitrogen and oxygen atoms in total. The largest absolute Gasteiger partial charge is 0.507 e. The summed E-state index contributed by atoms with van der Waals surface area (Å²) in [6.07, 6.45) is 2.88. The number of aromatic hydroxyl groups is 1. The number of allylic oxidation sites excluding steroid dienone is 1. The van der Waals surface area contributed by atoms with Gasteiger partial charge in [0.05, 0.1) is 31.3 Å². The molecular weight excluding hydrogens is 472 g/mol. The van der Waals surface area contributed by atoms with Crippen LogP contribution in [0.25, 0.3) is 0 Å². The number of phenolic OH excluding ortho intramolecular Hbond substituents is 1. The highest BCUT2D eigenvalue weighted by Gasteiger charge is 2.38. The SMILES string of the molecule is C/C(N)=C\C[N+]1(C)CCC=N/C=C(\C)C1c1ccc(C(F)(F)F)cc1O.CC.CN1CCCC(F)C1. The summed E-state index contributed by atoms with van der Waals surface area (Å²) in [6.45, 7) is 10.7. The van der Waals surface area contributed by atoms with Gasteiger partial charge in [-0.2, -0.15) is 13.2 Å². The van der Waals surface area contributed by atoms with E-state index in [0.29, 0.717) is 35.4 Å². The second-order valence-electron chi connectivity index (χ2n) is 9.50. The van der Waals surface area contributed by atoms with Crippen molar-refractivity contribution in [3.8, 4) is 5.75 Å². The van der Waals surface area contributed by atoms with Crippen LogP contribution in [0.15, 0.2) is 46.7 Å². The van der Waals surface area contributed by atoms with E-state index < -0.39 is 17.9 Å². The Morgan fingerprint density at radius 1 is 1.31 bits per heavy atom. The summed E-state index contributed by atoms with van der Waals surface area (Å²) < 4.78 is 51.7. The van der Waals surface area contributed by atoms with E-state index in [1.807, 2.05) is 52.1 Å². The molecule has 9 heteroatoms. The number of rotatable bonds is 3. The molecule has 3 N–H and O–H groups in total. The Bertz CT molecular complexity index is 902. The van der Waals surface area contributed by atoms with Crippen LogP contribution in [-0.4, -0.2) is 67.2 Å². The van der Waals surface area contributed by atoms with Gasteiger partial charge in [0.1, 0.15) is 18.0 Å². The van der Waals surface area contributed by atoms with Gasteiger partial charge in [0.15, 0.2) is 0 Å². The zero-order chi connectivity index (χ0) is 27.5. The number of piperidine rings is 1. The molecule has 2 aliphatic heterocycles. The molecule has 0 aliphatic carbocycles. The second kappa shape index (κ2) is 14.4. The average molecular weight is 516 g/mol. The second-order valence-corrected chi connectivity index (χ2v) is 9.50. The van der Waals surface area contributed by atoms with Crippen LogP contribution in [0.3, 0.4) is 0 Å². The third kappa shape index (κ3) is 9.58. The van der Waals surface area contributed by atoms with E-state index in [-0.39, 0.29) is 11.8 Å². The minimum Gasteiger partial charge on any atom is -0.507 e. The molecule has 3 unspecified atom stereocenters. The molecule has 0 radical (unpaired) electrons. The van der Waals surface area contributed by atoms with Crippen molar-refractivity contribution in [2.24, 2.45) is 10.7 Å². The summed E-state index contributed by atoms with van der Waals surface area (Å²) in [5.74, 6) is -0.361. The quantitative estimate of drug-likeness (QED) is 0.371. The predicted octanol–water partition coefficient (Wildman–Crippen LogP) is 6.22. The number of quaternary nitrogens is 1. The van der Waals surface area contributed by atoms with Crippen molar-refractivity contribution in [3.05, 3.63) is 52.9 Å². The van der Waals surface area contributed by atoms with E-state index in [0.717, 1.165) is 43.5 Å². The Balaban J connectivity index is 0.000000543. The third-order valence-corrected chi connectivity index (χ3v) is 6.26. The topological polar surface area (TPSA) is 61.9 Å². The molecular formula is C27H43F4N4O+. The van der Waals surface area contributed by atoms with Gasteiger partial charge in [-0.15, -0.1) is 0 Å². The number of aliphatic imine (C=N–C) groups is 1. The number of halogens is 4. The van der Waals surface area contributed by atoms with E-state index in [9.17, 15) is 22.7 Å². The van der Waals surface area contributed by atoms with Crippen LogP contribution in [0.4, 0.5) is 17.6 Å². The smallest absolute Gasteiger partial charge is 0.416 e. The Labute approximate surface area is 213 Å². The van der Waals surface area contributed by atoms with Crippen LogP contribution in [0.1, 0.15) is 64.1 Å². The molecule has 1 aromatic carbocycles. The molecule has 3 atom stereocenters. The summed E-state index contributed by atoms with van der Waals surface area (Å²) in [5.41, 5.74) is 6.92. The molecule has 2 heterocycles. The van der Waals surface area contributed by atoms with Crippen molar-refractivity contribution in [1.29, 1.82) is 0 Å². The molecule has 3 rings (SSSR count). The maximum Gasteiger partial charge on any atom is 0.416 e. The number of likely N-dealkylation sites (N-methyl/N-ethyl adjacent to an activating group) is 1. The van der Waals surface area contributed by atoms with Gasteiger partial charge in [0, 0.05) is 36.7 Å². The lowest BCUT2D eigenvalue weighted by molar-refractivity contribution is -0.928. The number of nitrogens with two attached hydrogens (primary N) is 1. The molecule has 204 valence electrons. The average Bonchev–Trinajstić information content (AvgIpc) is 2.79. The fourth-order valence-electron chi connectivity index (χ4n) is 4.47. The highest BCUT2D eigenvalue weighted by atomic mass is 19.4. The molecule has 0 saturated carbocycles. The van der Waals surface area contributed by atoms with Crippen LogP contribution >= 0.6 is 0 Å². The van der Waals surface area contributed by atoms with E-state index in [1.165, 1.54) is 6.07 Å². The number of phenols is 1. The van der Waals surface area contributed by atoms with Gasteiger partial charge in [0.25, 0.3) is 0 Å². The molecule has 2 aliphatic rings. The first-order valence-corrected chi connectivity index (χ1v) is 12.5. The Kier molecular flexibility index (Phi) is 12.6. The highest BCUT2D eigenvalue weighted by Crippen LogP contribution is 2.41. The van der Waals surface area contributed by atoms with E-state index >= 15 is 0 Å². The zero-order valence-corrected chi connectivity index (χ0v) is 22.4. The van der Waals surface area contributed by atoms with Crippen LogP contribution in [0.5, 0.6) is 5.75 Å². The number of nitrogens with zero attached hydrogens (tertiary/aromatic N) is 3. The standard InChI is InChI=1S/C19H24F3N3O.C6H12FN.C2H6/c1-13-12-24-8-4-9-25(3,10-7-14(2)23)18(13)16-6-5-15(11-17(16)26)19(20,21)22;1-8-4-2-3-6(7)5-8;1-2/h5-8,11-12,18H,4,9-10,23H2,1-3H3;6H,2-5H2,1H3;1-2H3/p+1/b13-12+,14-7+,24-8?;;. The first-order chi connectivity index (χ1) is 16.8. The normalized spacial score (nSPS) is 26.8. The van der Waals surface area contributed by atoms with Gasteiger partial charge in [-0.3, -0.25) is 4.99 Å². The fourth-order valence-corrected chi connectivity index (χ4v) is 4.47. The highest BCUT2D eigenvalue weighted by molar-refractivity contribution is 5.58. The Morgan fingerprint density at radius 3 is 2.47 bits per heavy atom. The van der Waals surface area contributed by atoms with Crippen LogP contribution in [-0.2, 0) is 6.18 Å². The molecule has 1 fully saturated rings. The first kappa shape index (κ1) is 31.6. The van der Waals surface area contributed by atoms with E-state index in [1.54, 1.807) is 13.1 Å². The van der Waals surface area contributed by atoms with Crippen LogP contribution < -0.4 is 5.73 Å². The number of alkyl halides is 4. The van der Waals surface area contributed by atoms with Crippen molar-refractivity contribution in [1.82, 2.24) is 4.90 Å². The lowest BCUT2D eigenvalue weighted by Gasteiger charge is -2.42. The molecule has 1 saturated heterocycles. The van der Waals surface area contributed by atoms with E-state index in [4.69, 9.17) is 5.73 Å². The van der Waals surface area contributed by atoms with Crippen molar-refractivity contribution in [2.45, 2.75) is 65.3 Å². The van der Waals surface area contributed by atoms with Crippen molar-refractivity contribution >= 4 is 6.21 Å². The fraction of sp³-hybridized carbons (Fsp3) is 0.593. The summed E-state index contributed by atoms with van der Waals surface area (Å²) in [5, 5.41) is 10.4. The first-order valence-electron chi connectivity index (χ1n) is 12.5. The number of likely N-dealkylation sites (tertiary alicyclic amines) is 1. The van der Waals surface area contributed by atoms with Gasteiger partial charge < -0.3 is 20.2 Å². The van der Waals surface area contributed by atoms with Crippen molar-refractivity contribution in [2.75, 3.05) is 40.3 Å². The molecule has 0 bridgehead atoms. The minimum absolute atomic E-state index is 0.328. The number of hydrogen-bond donors (Lipinski definition) is 2. The summed E-state index contributed by atoms with van der Waals surface area (Å²) in [7, 11) is 3.98. The van der Waals surface area contributed by atoms with Gasteiger partial charge in [-0.25, -0.2) is 4.39 Å². The van der Waals surface area contributed by atoms with E-state index in [2.05, 4.69) is 4.99 Å². The number of hydrogen-bond acceptors (Lipinski definition) is 4. The van der Waals surface area contributed by atoms with Gasteiger partial charge in [-0.1, -0.05) is 13.8 Å². The molecule has 0 spiro atoms. The monoisotopic (exact) mass is 515 g/mol. The molecule has 0 aromatic heterocycles. The predicted molar refractivity (Wildman–Crippen MR) is 140 cm³/mol. The Hall–Kier alpha value is -2.39. The summed E-state index contributed by atoms with van der Waals surface area (Å²) in [6, 6.07) is 2.84. The summed E-state index contributed by atoms with van der Waals surface area (Å²) >= 11 is 0. The van der Waals surface area contributed by atoms with Gasteiger partial charge in [-0.05, 0) is 64.6 Å². The van der Waals surface area contributed by atoms with Crippen LogP contribution in [0.2, 0.25) is 0 Å². The lowest BCUT2D eigenvalue weighted by atomic mass is 9.93. The van der Waals surface area contributed by atoms with Crippen molar-refractivity contribution < 1.29 is 27.2 Å². The van der Waals surface area contributed by atoms with Crippen molar-refractivity contribution in [3.63, 3.8) is 0 Å². The maximum atomic E-state index is 12.9. The molecule has 36 heavy (non-hydrogen) atoms. The minimum atomic E-state index is -4.50. The molecule has 0 amide bonds. The maximum absolute atomic E-state index is 12.9. The number of benzene rings is 1. The summed E-state index contributed by atoms with van der Waals surface area (Å²) in [4.78, 5) is 6.27. The van der Waals surface area contributed by atoms with Gasteiger partial charge >= 0.3 is 6.18 Å². The lowest BCUT2D eigenvalue weighted by Crippen LogP contribution is -2.49. The third-order valence-electron chi connectivity index (χ3n) is 6.26. The van der Waals surface area contributed by atoms with Crippen LogP contribution in [0, 0.1) is 0 Å². The Morgan fingerprint density at radius 2 is 1.97 bits per heavy atom. The van der Waals surface area contributed by atoms with Gasteiger partial charge in [0.2, 0.25) is 0 Å². The molecule has 1 aromatic rings. The zero-order valence-electron chi connectivity index (χ0n) is 22.4.